The number of rotatable bonds is 4. The van der Waals surface area contributed by atoms with Crippen LogP contribution in [0.5, 0.6) is 0 Å². The lowest BCUT2D eigenvalue weighted by atomic mass is 9.73. The first-order chi connectivity index (χ1) is 9.44. The molecule has 2 rings (SSSR count). The zero-order valence-corrected chi connectivity index (χ0v) is 13.4. The second-order valence-electron chi connectivity index (χ2n) is 7.43. The van der Waals surface area contributed by atoms with Gasteiger partial charge in [-0.2, -0.15) is 0 Å². The number of carbonyl (C=O) groups is 1. The third-order valence-electron chi connectivity index (χ3n) is 5.93. The Hall–Kier alpha value is -0.570. The summed E-state index contributed by atoms with van der Waals surface area (Å²) in [4.78, 5) is 13.9. The average Bonchev–Trinajstić information content (AvgIpc) is 2.41. The zero-order valence-electron chi connectivity index (χ0n) is 13.4. The average molecular weight is 281 g/mol. The van der Waals surface area contributed by atoms with Gasteiger partial charge < -0.3 is 5.11 Å². The van der Waals surface area contributed by atoms with Gasteiger partial charge in [-0.15, -0.1) is 0 Å². The number of aliphatic carboxylic acids is 1. The predicted molar refractivity (Wildman–Crippen MR) is 81.8 cm³/mol. The molecule has 3 atom stereocenters. The van der Waals surface area contributed by atoms with Crippen molar-refractivity contribution < 1.29 is 9.90 Å². The molecule has 2 saturated carbocycles. The smallest absolute Gasteiger partial charge is 0.305 e. The Balaban J connectivity index is 2.16. The minimum atomic E-state index is -0.629. The molecule has 0 radical (unpaired) electrons. The Morgan fingerprint density at radius 3 is 2.45 bits per heavy atom. The van der Waals surface area contributed by atoms with E-state index in [-0.39, 0.29) is 5.54 Å². The van der Waals surface area contributed by atoms with E-state index in [2.05, 4.69) is 25.8 Å². The lowest BCUT2D eigenvalue weighted by Gasteiger charge is -2.51. The normalized spacial score (nSPS) is 34.1. The second-order valence-corrected chi connectivity index (χ2v) is 7.43. The van der Waals surface area contributed by atoms with Crippen LogP contribution in [0.1, 0.15) is 71.6 Å². The van der Waals surface area contributed by atoms with Gasteiger partial charge in [0.05, 0.1) is 6.42 Å². The van der Waals surface area contributed by atoms with Crippen LogP contribution in [-0.4, -0.2) is 34.6 Å². The van der Waals surface area contributed by atoms with Crippen molar-refractivity contribution in [1.82, 2.24) is 4.90 Å². The van der Waals surface area contributed by atoms with Gasteiger partial charge >= 0.3 is 5.97 Å². The van der Waals surface area contributed by atoms with E-state index in [1.165, 1.54) is 38.5 Å². The zero-order chi connectivity index (χ0) is 14.8. The molecule has 2 aliphatic rings. The van der Waals surface area contributed by atoms with Crippen molar-refractivity contribution in [2.75, 3.05) is 7.05 Å². The van der Waals surface area contributed by atoms with Crippen molar-refractivity contribution in [3.63, 3.8) is 0 Å². The van der Waals surface area contributed by atoms with E-state index >= 15 is 0 Å². The van der Waals surface area contributed by atoms with Gasteiger partial charge in [-0.3, -0.25) is 9.69 Å². The maximum Gasteiger partial charge on any atom is 0.305 e. The molecule has 3 nitrogen and oxygen atoms in total. The van der Waals surface area contributed by atoms with Crippen LogP contribution in [0.3, 0.4) is 0 Å². The van der Waals surface area contributed by atoms with Crippen LogP contribution < -0.4 is 0 Å². The highest BCUT2D eigenvalue weighted by Gasteiger charge is 2.43. The lowest BCUT2D eigenvalue weighted by molar-refractivity contribution is -0.142. The summed E-state index contributed by atoms with van der Waals surface area (Å²) in [5, 5.41) is 9.37. The summed E-state index contributed by atoms with van der Waals surface area (Å²) in [6.45, 7) is 4.70. The fourth-order valence-electron chi connectivity index (χ4n) is 4.54. The number of carboxylic acid groups (broad SMARTS) is 1. The van der Waals surface area contributed by atoms with E-state index in [0.29, 0.717) is 18.4 Å². The summed E-state index contributed by atoms with van der Waals surface area (Å²) in [6.07, 6.45) is 9.95. The fourth-order valence-corrected chi connectivity index (χ4v) is 4.54. The van der Waals surface area contributed by atoms with Gasteiger partial charge in [0.25, 0.3) is 0 Å². The topological polar surface area (TPSA) is 40.5 Å². The molecule has 1 N–H and O–H groups in total. The number of nitrogens with zero attached hydrogens (tertiary/aromatic N) is 1. The molecular weight excluding hydrogens is 250 g/mol. The van der Waals surface area contributed by atoms with Crippen LogP contribution in [0.15, 0.2) is 0 Å². The number of hydrogen-bond donors (Lipinski definition) is 1. The van der Waals surface area contributed by atoms with Crippen LogP contribution in [0.2, 0.25) is 0 Å². The van der Waals surface area contributed by atoms with Crippen LogP contribution in [0, 0.1) is 11.8 Å². The molecule has 2 aliphatic carbocycles. The Labute approximate surface area is 123 Å². The van der Waals surface area contributed by atoms with E-state index in [4.69, 9.17) is 0 Å². The molecule has 0 aromatic heterocycles. The molecule has 0 aromatic carbocycles. The van der Waals surface area contributed by atoms with Crippen molar-refractivity contribution in [3.05, 3.63) is 0 Å². The summed E-state index contributed by atoms with van der Waals surface area (Å²) in [6, 6.07) is 0.566. The summed E-state index contributed by atoms with van der Waals surface area (Å²) in [5.74, 6) is 0.850. The summed E-state index contributed by atoms with van der Waals surface area (Å²) >= 11 is 0. The second kappa shape index (κ2) is 6.46. The van der Waals surface area contributed by atoms with Gasteiger partial charge in [-0.05, 0) is 44.6 Å². The van der Waals surface area contributed by atoms with Gasteiger partial charge in [0.2, 0.25) is 0 Å². The quantitative estimate of drug-likeness (QED) is 0.849. The van der Waals surface area contributed by atoms with E-state index in [9.17, 15) is 9.90 Å². The van der Waals surface area contributed by atoms with Gasteiger partial charge in [-0.25, -0.2) is 0 Å². The highest BCUT2D eigenvalue weighted by Crippen LogP contribution is 2.41. The number of hydrogen-bond acceptors (Lipinski definition) is 2. The maximum atomic E-state index is 11.4. The molecule has 0 aliphatic heterocycles. The first-order valence-corrected chi connectivity index (χ1v) is 8.39. The SMILES string of the molecule is CC1CCC(C)C(N(C)C2(CC(=O)O)CCCCC2)C1. The highest BCUT2D eigenvalue weighted by molar-refractivity contribution is 5.68. The maximum absolute atomic E-state index is 11.4. The van der Waals surface area contributed by atoms with Gasteiger partial charge in [0.15, 0.2) is 0 Å². The molecule has 2 fully saturated rings. The molecule has 0 amide bonds. The Morgan fingerprint density at radius 1 is 1.20 bits per heavy atom. The first-order valence-electron chi connectivity index (χ1n) is 8.39. The summed E-state index contributed by atoms with van der Waals surface area (Å²) in [5.41, 5.74) is -0.0833. The Bertz CT molecular complexity index is 336. The third kappa shape index (κ3) is 3.36. The minimum Gasteiger partial charge on any atom is -0.481 e. The fraction of sp³-hybridized carbons (Fsp3) is 0.941. The van der Waals surface area contributed by atoms with Crippen molar-refractivity contribution in [3.8, 4) is 0 Å². The molecule has 3 unspecified atom stereocenters. The van der Waals surface area contributed by atoms with Gasteiger partial charge in [0.1, 0.15) is 0 Å². The van der Waals surface area contributed by atoms with E-state index in [1.54, 1.807) is 0 Å². The van der Waals surface area contributed by atoms with E-state index < -0.39 is 5.97 Å². The standard InChI is InChI=1S/C17H31NO2/c1-13-7-8-14(2)15(11-13)18(3)17(12-16(19)20)9-5-4-6-10-17/h13-15H,4-12H2,1-3H3,(H,19,20). The molecule has 0 saturated heterocycles. The van der Waals surface area contributed by atoms with Crippen LogP contribution in [0.25, 0.3) is 0 Å². The van der Waals surface area contributed by atoms with E-state index in [0.717, 1.165) is 18.8 Å². The van der Waals surface area contributed by atoms with E-state index in [1.807, 2.05) is 0 Å². The lowest BCUT2D eigenvalue weighted by Crippen LogP contribution is -2.56. The molecule has 0 aromatic rings. The molecule has 0 spiro atoms. The van der Waals surface area contributed by atoms with Crippen LogP contribution >= 0.6 is 0 Å². The van der Waals surface area contributed by atoms with Crippen LogP contribution in [0.4, 0.5) is 0 Å². The molecule has 20 heavy (non-hydrogen) atoms. The predicted octanol–water partition coefficient (Wildman–Crippen LogP) is 3.92. The molecule has 0 bridgehead atoms. The Morgan fingerprint density at radius 2 is 1.85 bits per heavy atom. The number of carboxylic acids is 1. The summed E-state index contributed by atoms with van der Waals surface area (Å²) < 4.78 is 0. The monoisotopic (exact) mass is 281 g/mol. The molecular formula is C17H31NO2. The first kappa shape index (κ1) is 15.8. The molecule has 116 valence electrons. The highest BCUT2D eigenvalue weighted by atomic mass is 16.4. The molecule has 0 heterocycles. The minimum absolute atomic E-state index is 0.0833. The van der Waals surface area contributed by atoms with Crippen molar-refractivity contribution in [2.24, 2.45) is 11.8 Å². The van der Waals surface area contributed by atoms with Crippen molar-refractivity contribution in [1.29, 1.82) is 0 Å². The van der Waals surface area contributed by atoms with Crippen molar-refractivity contribution >= 4 is 5.97 Å². The Kier molecular flexibility index (Phi) is 5.11. The largest absolute Gasteiger partial charge is 0.481 e. The van der Waals surface area contributed by atoms with Gasteiger partial charge in [0, 0.05) is 11.6 Å². The summed E-state index contributed by atoms with van der Waals surface area (Å²) in [7, 11) is 2.20. The van der Waals surface area contributed by atoms with Crippen LogP contribution in [-0.2, 0) is 4.79 Å². The molecule has 3 heteroatoms. The third-order valence-corrected chi connectivity index (χ3v) is 5.93. The van der Waals surface area contributed by atoms with Crippen molar-refractivity contribution in [2.45, 2.75) is 83.2 Å². The van der Waals surface area contributed by atoms with Gasteiger partial charge in [-0.1, -0.05) is 39.5 Å².